The molecule has 0 aliphatic carbocycles. The average Bonchev–Trinajstić information content (AvgIpc) is 3.20. The Bertz CT molecular complexity index is 1570. The number of hydrogen-bond donors (Lipinski definition) is 0. The van der Waals surface area contributed by atoms with Gasteiger partial charge in [-0.05, 0) is 77.3 Å². The zero-order chi connectivity index (χ0) is 27.1. The molecule has 0 aliphatic rings. The molecule has 2 nitrogen and oxygen atoms in total. The van der Waals surface area contributed by atoms with E-state index in [0.29, 0.717) is 17.8 Å². The summed E-state index contributed by atoms with van der Waals surface area (Å²) < 4.78 is 4.95. The van der Waals surface area contributed by atoms with E-state index >= 15 is 0 Å². The maximum atomic E-state index is 2.56. The molecule has 0 saturated heterocycles. The van der Waals surface area contributed by atoms with Crippen LogP contribution in [-0.4, -0.2) is 4.57 Å². The van der Waals surface area contributed by atoms with Crippen LogP contribution in [0, 0.1) is 6.92 Å². The molecule has 1 aromatic heterocycles. The summed E-state index contributed by atoms with van der Waals surface area (Å²) in [6.45, 7) is 16.1. The predicted octanol–water partition coefficient (Wildman–Crippen LogP) is 9.47. The summed E-state index contributed by atoms with van der Waals surface area (Å²) in [5, 5.41) is 0. The smallest absolute Gasteiger partial charge is 0.225 e. The minimum absolute atomic E-state index is 0.369. The van der Waals surface area contributed by atoms with Crippen LogP contribution < -0.4 is 4.57 Å². The third kappa shape index (κ3) is 4.47. The van der Waals surface area contributed by atoms with Crippen LogP contribution in [-0.2, 0) is 7.05 Å². The van der Waals surface area contributed by atoms with Crippen molar-refractivity contribution >= 4 is 11.0 Å². The summed E-state index contributed by atoms with van der Waals surface area (Å²) in [4.78, 5) is 0. The van der Waals surface area contributed by atoms with Gasteiger partial charge in [-0.1, -0.05) is 96.1 Å². The monoisotopic (exact) mass is 501 g/mol. The fourth-order valence-electron chi connectivity index (χ4n) is 5.70. The number of aromatic nitrogens is 2. The lowest BCUT2D eigenvalue weighted by atomic mass is 9.88. The Morgan fingerprint density at radius 2 is 1.24 bits per heavy atom. The van der Waals surface area contributed by atoms with Gasteiger partial charge >= 0.3 is 0 Å². The molecule has 0 N–H and O–H groups in total. The van der Waals surface area contributed by atoms with E-state index in [1.54, 1.807) is 0 Å². The second kappa shape index (κ2) is 10.3. The average molecular weight is 502 g/mol. The molecule has 5 aromatic rings. The lowest BCUT2D eigenvalue weighted by Crippen LogP contribution is -2.30. The molecule has 0 amide bonds. The van der Waals surface area contributed by atoms with Crippen LogP contribution in [0.5, 0.6) is 0 Å². The predicted molar refractivity (Wildman–Crippen MR) is 162 cm³/mol. The van der Waals surface area contributed by atoms with E-state index in [2.05, 4.69) is 150 Å². The Labute approximate surface area is 228 Å². The van der Waals surface area contributed by atoms with E-state index in [-0.39, 0.29) is 0 Å². The number of nitrogens with zero attached hydrogens (tertiary/aromatic N) is 2. The number of para-hydroxylation sites is 2. The molecule has 5 rings (SSSR count). The molecule has 2 heteroatoms. The lowest BCUT2D eigenvalue weighted by molar-refractivity contribution is -0.633. The molecule has 0 unspecified atom stereocenters. The molecule has 0 radical (unpaired) electrons. The van der Waals surface area contributed by atoms with Crippen molar-refractivity contribution in [2.75, 3.05) is 0 Å². The highest BCUT2D eigenvalue weighted by Gasteiger charge is 2.32. The van der Waals surface area contributed by atoms with Gasteiger partial charge in [0.1, 0.15) is 5.69 Å². The number of imidazole rings is 1. The van der Waals surface area contributed by atoms with Gasteiger partial charge in [-0.25, -0.2) is 4.57 Å². The number of benzene rings is 4. The highest BCUT2D eigenvalue weighted by Crippen LogP contribution is 2.40. The molecule has 38 heavy (non-hydrogen) atoms. The SMILES string of the molecule is Cc1ccc(C(C)C)cc1-c1n(-c2c(C(C)C)cc(-c3ccccc3)cc2C(C)C)c2ccccc2[n+]1C. The molecule has 0 aliphatic heterocycles. The summed E-state index contributed by atoms with van der Waals surface area (Å²) >= 11 is 0. The molecule has 0 fully saturated rings. The van der Waals surface area contributed by atoms with Gasteiger partial charge in [-0.15, -0.1) is 0 Å². The van der Waals surface area contributed by atoms with Crippen LogP contribution in [0.25, 0.3) is 39.2 Å². The van der Waals surface area contributed by atoms with E-state index in [1.807, 2.05) is 0 Å². The van der Waals surface area contributed by atoms with Crippen LogP contribution >= 0.6 is 0 Å². The standard InChI is InChI=1S/C36H41N2/c1-23(2)28-19-18-26(7)32(20-28)36-37(8)33-16-12-13-17-34(33)38(36)35-30(24(3)4)21-29(22-31(35)25(5)6)27-14-10-9-11-15-27/h9-25H,1-8H3/q+1. The van der Waals surface area contributed by atoms with Crippen molar-refractivity contribution in [3.63, 3.8) is 0 Å². The minimum Gasteiger partial charge on any atom is -0.225 e. The van der Waals surface area contributed by atoms with Crippen molar-refractivity contribution in [3.05, 3.63) is 107 Å². The normalized spacial score (nSPS) is 11.9. The van der Waals surface area contributed by atoms with Crippen LogP contribution in [0.1, 0.15) is 81.5 Å². The summed E-state index contributed by atoms with van der Waals surface area (Å²) in [5.74, 6) is 2.45. The third-order valence-corrected chi connectivity index (χ3v) is 7.93. The molecular weight excluding hydrogens is 460 g/mol. The summed E-state index contributed by atoms with van der Waals surface area (Å²) in [6.07, 6.45) is 0. The van der Waals surface area contributed by atoms with E-state index in [4.69, 9.17) is 0 Å². The van der Waals surface area contributed by atoms with Gasteiger partial charge in [0.15, 0.2) is 11.0 Å². The van der Waals surface area contributed by atoms with Crippen molar-refractivity contribution in [3.8, 4) is 28.2 Å². The summed E-state index contributed by atoms with van der Waals surface area (Å²) in [6, 6.07) is 31.5. The van der Waals surface area contributed by atoms with Crippen molar-refractivity contribution in [1.82, 2.24) is 4.57 Å². The topological polar surface area (TPSA) is 8.81 Å². The Morgan fingerprint density at radius 1 is 0.632 bits per heavy atom. The van der Waals surface area contributed by atoms with Crippen molar-refractivity contribution in [2.45, 2.75) is 66.2 Å². The number of aryl methyl sites for hydroxylation is 2. The molecule has 0 bridgehead atoms. The Hall–Kier alpha value is -3.65. The van der Waals surface area contributed by atoms with E-state index in [9.17, 15) is 0 Å². The van der Waals surface area contributed by atoms with E-state index < -0.39 is 0 Å². The largest absolute Gasteiger partial charge is 0.295 e. The first-order valence-corrected chi connectivity index (χ1v) is 14.0. The minimum atomic E-state index is 0.369. The molecule has 194 valence electrons. The maximum Gasteiger partial charge on any atom is 0.295 e. The Morgan fingerprint density at radius 3 is 1.84 bits per heavy atom. The van der Waals surface area contributed by atoms with Crippen molar-refractivity contribution < 1.29 is 4.57 Å². The molecule has 4 aromatic carbocycles. The van der Waals surface area contributed by atoms with Crippen LogP contribution in [0.4, 0.5) is 0 Å². The van der Waals surface area contributed by atoms with Crippen LogP contribution in [0.3, 0.4) is 0 Å². The number of hydrogen-bond acceptors (Lipinski definition) is 0. The molecule has 0 saturated carbocycles. The number of fused-ring (bicyclic) bond motifs is 1. The van der Waals surface area contributed by atoms with Gasteiger partial charge in [0.2, 0.25) is 0 Å². The lowest BCUT2D eigenvalue weighted by Gasteiger charge is -2.21. The summed E-state index contributed by atoms with van der Waals surface area (Å²) in [7, 11) is 2.22. The van der Waals surface area contributed by atoms with Gasteiger partial charge < -0.3 is 0 Å². The molecular formula is C36H41N2+. The molecule has 1 heterocycles. The Kier molecular flexibility index (Phi) is 7.01. The van der Waals surface area contributed by atoms with E-state index in [1.165, 1.54) is 61.5 Å². The van der Waals surface area contributed by atoms with Crippen molar-refractivity contribution in [1.29, 1.82) is 0 Å². The van der Waals surface area contributed by atoms with Gasteiger partial charge in [-0.2, -0.15) is 4.57 Å². The highest BCUT2D eigenvalue weighted by molar-refractivity contribution is 5.82. The first kappa shape index (κ1) is 26.0. The second-order valence-corrected chi connectivity index (χ2v) is 11.6. The Balaban J connectivity index is 1.94. The fraction of sp³-hybridized carbons (Fsp3) is 0.306. The zero-order valence-electron chi connectivity index (χ0n) is 24.2. The van der Waals surface area contributed by atoms with Gasteiger partial charge in [0, 0.05) is 11.1 Å². The summed E-state index contributed by atoms with van der Waals surface area (Å²) in [5.41, 5.74) is 13.1. The zero-order valence-corrected chi connectivity index (χ0v) is 24.2. The fourth-order valence-corrected chi connectivity index (χ4v) is 5.70. The first-order chi connectivity index (χ1) is 18.2. The van der Waals surface area contributed by atoms with Gasteiger partial charge in [0.25, 0.3) is 5.82 Å². The second-order valence-electron chi connectivity index (χ2n) is 11.6. The third-order valence-electron chi connectivity index (χ3n) is 7.93. The van der Waals surface area contributed by atoms with Crippen LogP contribution in [0.2, 0.25) is 0 Å². The highest BCUT2D eigenvalue weighted by atomic mass is 15.2. The van der Waals surface area contributed by atoms with Crippen LogP contribution in [0.15, 0.2) is 84.9 Å². The molecule has 0 atom stereocenters. The van der Waals surface area contributed by atoms with Gasteiger partial charge in [0.05, 0.1) is 12.6 Å². The number of rotatable bonds is 6. The first-order valence-electron chi connectivity index (χ1n) is 14.0. The molecule has 0 spiro atoms. The van der Waals surface area contributed by atoms with E-state index in [0.717, 1.165) is 0 Å². The van der Waals surface area contributed by atoms with Crippen molar-refractivity contribution in [2.24, 2.45) is 7.05 Å². The van der Waals surface area contributed by atoms with Gasteiger partial charge in [-0.3, -0.25) is 0 Å². The maximum absolute atomic E-state index is 2.56. The quantitative estimate of drug-likeness (QED) is 0.205.